The number of halogens is 2. The topological polar surface area (TPSA) is 58.0 Å². The quantitative estimate of drug-likeness (QED) is 0.640. The maximum Gasteiger partial charge on any atom is 0.148 e. The molecule has 6 heteroatoms. The number of fused-ring (bicyclic) bond motifs is 1. The highest BCUT2D eigenvalue weighted by Gasteiger charge is 2.31. The van der Waals surface area contributed by atoms with Crippen LogP contribution in [0.4, 0.5) is 5.82 Å². The van der Waals surface area contributed by atoms with Gasteiger partial charge in [0, 0.05) is 17.0 Å². The van der Waals surface area contributed by atoms with Crippen molar-refractivity contribution in [3.8, 4) is 11.3 Å². The van der Waals surface area contributed by atoms with E-state index in [1.54, 1.807) is 12.1 Å². The van der Waals surface area contributed by atoms with Gasteiger partial charge in [-0.3, -0.25) is 0 Å². The summed E-state index contributed by atoms with van der Waals surface area (Å²) in [7, 11) is 0. The molecule has 1 aromatic heterocycles. The molecular formula is C21H19Cl2N3O. The largest absolute Gasteiger partial charge is 0.390 e. The second-order valence-corrected chi connectivity index (χ2v) is 7.65. The van der Waals surface area contributed by atoms with Crippen LogP contribution in [0.3, 0.4) is 0 Å². The summed E-state index contributed by atoms with van der Waals surface area (Å²) in [6.45, 7) is 3.80. The molecule has 0 amide bonds. The molecule has 0 bridgehead atoms. The summed E-state index contributed by atoms with van der Waals surface area (Å²) in [5.41, 5.74) is 5.30. The van der Waals surface area contributed by atoms with Gasteiger partial charge < -0.3 is 10.4 Å². The van der Waals surface area contributed by atoms with Crippen molar-refractivity contribution in [2.75, 3.05) is 5.32 Å². The van der Waals surface area contributed by atoms with E-state index in [4.69, 9.17) is 33.2 Å². The monoisotopic (exact) mass is 399 g/mol. The van der Waals surface area contributed by atoms with Crippen LogP contribution in [0.2, 0.25) is 10.0 Å². The minimum atomic E-state index is -0.491. The lowest BCUT2D eigenvalue weighted by Gasteiger charge is -2.20. The zero-order valence-electron chi connectivity index (χ0n) is 15.0. The third-order valence-corrected chi connectivity index (χ3v) is 5.47. The van der Waals surface area contributed by atoms with E-state index in [9.17, 15) is 5.11 Å². The Balaban J connectivity index is 1.69. The molecule has 4 rings (SSSR count). The number of nitrogens with zero attached hydrogens (tertiary/aromatic N) is 2. The Bertz CT molecular complexity index is 1020. The van der Waals surface area contributed by atoms with E-state index < -0.39 is 6.10 Å². The molecule has 2 atom stereocenters. The molecule has 0 fully saturated rings. The molecule has 1 aliphatic carbocycles. The van der Waals surface area contributed by atoms with E-state index in [2.05, 4.69) is 11.4 Å². The Labute approximate surface area is 168 Å². The van der Waals surface area contributed by atoms with E-state index in [-0.39, 0.29) is 6.04 Å². The standard InChI is InChI=1S/C21H19Cl2N3O/c1-11-19(16-8-7-14(22)10-17(16)23)24-12(2)21(25-11)26-20-15-6-4-3-5-13(15)9-18(20)27/h3-8,10,18,20,27H,9H2,1-2H3,(H,25,26)/t18-,20+/m0/s1. The van der Waals surface area contributed by atoms with Crippen molar-refractivity contribution >= 4 is 29.0 Å². The Morgan fingerprint density at radius 1 is 1.04 bits per heavy atom. The second-order valence-electron chi connectivity index (χ2n) is 6.81. The minimum Gasteiger partial charge on any atom is -0.390 e. The highest BCUT2D eigenvalue weighted by molar-refractivity contribution is 6.36. The van der Waals surface area contributed by atoms with Crippen LogP contribution in [0.15, 0.2) is 42.5 Å². The molecule has 138 valence electrons. The summed E-state index contributed by atoms with van der Waals surface area (Å²) in [5.74, 6) is 0.669. The average molecular weight is 400 g/mol. The van der Waals surface area contributed by atoms with Gasteiger partial charge in [0.05, 0.1) is 34.3 Å². The minimum absolute atomic E-state index is 0.196. The summed E-state index contributed by atoms with van der Waals surface area (Å²) < 4.78 is 0. The first-order valence-electron chi connectivity index (χ1n) is 8.77. The lowest BCUT2D eigenvalue weighted by atomic mass is 10.1. The summed E-state index contributed by atoms with van der Waals surface area (Å²) in [6, 6.07) is 13.2. The van der Waals surface area contributed by atoms with Crippen LogP contribution in [-0.4, -0.2) is 21.2 Å². The van der Waals surface area contributed by atoms with Gasteiger partial charge in [0.25, 0.3) is 0 Å². The number of rotatable bonds is 3. The van der Waals surface area contributed by atoms with Crippen LogP contribution < -0.4 is 5.32 Å². The summed E-state index contributed by atoms with van der Waals surface area (Å²) >= 11 is 12.3. The first-order chi connectivity index (χ1) is 12.9. The third kappa shape index (κ3) is 3.41. The van der Waals surface area contributed by atoms with Gasteiger partial charge in [-0.25, -0.2) is 9.97 Å². The van der Waals surface area contributed by atoms with Crippen molar-refractivity contribution in [2.45, 2.75) is 32.4 Å². The van der Waals surface area contributed by atoms with Gasteiger partial charge in [0.1, 0.15) is 5.82 Å². The van der Waals surface area contributed by atoms with Crippen molar-refractivity contribution in [2.24, 2.45) is 0 Å². The predicted octanol–water partition coefficient (Wildman–Crippen LogP) is 5.14. The van der Waals surface area contributed by atoms with Gasteiger partial charge in [-0.2, -0.15) is 0 Å². The van der Waals surface area contributed by atoms with Gasteiger partial charge in [-0.15, -0.1) is 0 Å². The van der Waals surface area contributed by atoms with Gasteiger partial charge in [-0.1, -0.05) is 47.5 Å². The van der Waals surface area contributed by atoms with Crippen LogP contribution in [0.5, 0.6) is 0 Å². The van der Waals surface area contributed by atoms with E-state index in [1.807, 2.05) is 38.1 Å². The number of aromatic nitrogens is 2. The molecule has 2 N–H and O–H groups in total. The summed E-state index contributed by atoms with van der Waals surface area (Å²) in [4.78, 5) is 9.43. The third-order valence-electron chi connectivity index (χ3n) is 4.93. The van der Waals surface area contributed by atoms with E-state index >= 15 is 0 Å². The zero-order chi connectivity index (χ0) is 19.1. The molecule has 0 radical (unpaired) electrons. The SMILES string of the molecule is Cc1nc(-c2ccc(Cl)cc2Cl)c(C)nc1N[C@@H]1c2ccccc2C[C@@H]1O. The van der Waals surface area contributed by atoms with Crippen LogP contribution in [-0.2, 0) is 6.42 Å². The molecule has 0 saturated heterocycles. The van der Waals surface area contributed by atoms with E-state index in [0.29, 0.717) is 22.3 Å². The molecule has 0 spiro atoms. The fourth-order valence-corrected chi connectivity index (χ4v) is 4.07. The predicted molar refractivity (Wildman–Crippen MR) is 109 cm³/mol. The van der Waals surface area contributed by atoms with Gasteiger partial charge in [0.2, 0.25) is 0 Å². The highest BCUT2D eigenvalue weighted by atomic mass is 35.5. The number of nitrogens with one attached hydrogen (secondary N) is 1. The van der Waals surface area contributed by atoms with Crippen LogP contribution in [0.1, 0.15) is 28.6 Å². The normalized spacial score (nSPS) is 18.4. The Morgan fingerprint density at radius 3 is 2.59 bits per heavy atom. The molecule has 4 nitrogen and oxygen atoms in total. The van der Waals surface area contributed by atoms with Gasteiger partial charge >= 0.3 is 0 Å². The average Bonchev–Trinajstić information content (AvgIpc) is 2.94. The van der Waals surface area contributed by atoms with E-state index in [1.165, 1.54) is 0 Å². The summed E-state index contributed by atoms with van der Waals surface area (Å²) in [5, 5.41) is 15.0. The molecule has 0 saturated carbocycles. The Kier molecular flexibility index (Phi) is 4.81. The van der Waals surface area contributed by atoms with Crippen molar-refractivity contribution in [3.63, 3.8) is 0 Å². The van der Waals surface area contributed by atoms with Crippen molar-refractivity contribution in [3.05, 3.63) is 75.0 Å². The molecule has 27 heavy (non-hydrogen) atoms. The smallest absolute Gasteiger partial charge is 0.148 e. The van der Waals surface area contributed by atoms with Crippen molar-refractivity contribution in [1.29, 1.82) is 0 Å². The number of hydrogen-bond acceptors (Lipinski definition) is 4. The first kappa shape index (κ1) is 18.2. The van der Waals surface area contributed by atoms with Gasteiger partial charge in [-0.05, 0) is 43.2 Å². The second kappa shape index (κ2) is 7.12. The number of benzene rings is 2. The van der Waals surface area contributed by atoms with Crippen molar-refractivity contribution in [1.82, 2.24) is 9.97 Å². The molecule has 1 heterocycles. The maximum absolute atomic E-state index is 10.5. The number of anilines is 1. The molecular weight excluding hydrogens is 381 g/mol. The molecule has 0 aliphatic heterocycles. The molecule has 2 aromatic carbocycles. The summed E-state index contributed by atoms with van der Waals surface area (Å²) in [6.07, 6.45) is 0.145. The number of aliphatic hydroxyl groups excluding tert-OH is 1. The van der Waals surface area contributed by atoms with E-state index in [0.717, 1.165) is 33.8 Å². The highest BCUT2D eigenvalue weighted by Crippen LogP contribution is 2.36. The van der Waals surface area contributed by atoms with Crippen molar-refractivity contribution < 1.29 is 5.11 Å². The zero-order valence-corrected chi connectivity index (χ0v) is 16.5. The maximum atomic E-state index is 10.5. The lowest BCUT2D eigenvalue weighted by molar-refractivity contribution is 0.165. The molecule has 0 unspecified atom stereocenters. The lowest BCUT2D eigenvalue weighted by Crippen LogP contribution is -2.22. The fraction of sp³-hybridized carbons (Fsp3) is 0.238. The first-order valence-corrected chi connectivity index (χ1v) is 9.52. The van der Waals surface area contributed by atoms with Crippen LogP contribution in [0.25, 0.3) is 11.3 Å². The number of hydrogen-bond donors (Lipinski definition) is 2. The number of aryl methyl sites for hydroxylation is 2. The van der Waals surface area contributed by atoms with Gasteiger partial charge in [0.15, 0.2) is 0 Å². The van der Waals surface area contributed by atoms with Crippen LogP contribution in [0, 0.1) is 13.8 Å². The molecule has 3 aromatic rings. The molecule has 1 aliphatic rings. The number of aliphatic hydroxyl groups is 1. The fourth-order valence-electron chi connectivity index (χ4n) is 3.57. The Hall–Kier alpha value is -2.14. The van der Waals surface area contributed by atoms with Crippen LogP contribution >= 0.6 is 23.2 Å². The Morgan fingerprint density at radius 2 is 1.81 bits per heavy atom.